The summed E-state index contributed by atoms with van der Waals surface area (Å²) in [6.45, 7) is 1.71. The second-order valence-corrected chi connectivity index (χ2v) is 5.71. The molecule has 4 heteroatoms. The molecule has 0 bridgehead atoms. The third kappa shape index (κ3) is 3.00. The molecule has 1 aliphatic rings. The lowest BCUT2D eigenvalue weighted by atomic mass is 9.94. The van der Waals surface area contributed by atoms with Gasteiger partial charge < -0.3 is 14.7 Å². The maximum atomic E-state index is 10.4. The summed E-state index contributed by atoms with van der Waals surface area (Å²) >= 11 is 3.47. The second-order valence-electron chi connectivity index (χ2n) is 4.86. The largest absolute Gasteiger partial charge is 0.496 e. The summed E-state index contributed by atoms with van der Waals surface area (Å²) in [5.74, 6) is 0.823. The van der Waals surface area contributed by atoms with Crippen molar-refractivity contribution in [2.24, 2.45) is 0 Å². The third-order valence-electron chi connectivity index (χ3n) is 3.27. The van der Waals surface area contributed by atoms with Crippen LogP contribution in [0.1, 0.15) is 12.0 Å². The van der Waals surface area contributed by atoms with Gasteiger partial charge in [0.05, 0.1) is 17.2 Å². The van der Waals surface area contributed by atoms with Gasteiger partial charge in [0.1, 0.15) is 5.75 Å². The van der Waals surface area contributed by atoms with Crippen molar-refractivity contribution in [3.63, 3.8) is 0 Å². The van der Waals surface area contributed by atoms with E-state index in [1.165, 1.54) is 0 Å². The standard InChI is InChI=1S/C13H18BrNO2/c1-15-6-5-13(16,9-15)8-10-3-4-12(17-2)11(14)7-10/h3-4,7,16H,5-6,8-9H2,1-2H3. The van der Waals surface area contributed by atoms with Crippen molar-refractivity contribution in [3.05, 3.63) is 28.2 Å². The van der Waals surface area contributed by atoms with E-state index >= 15 is 0 Å². The van der Waals surface area contributed by atoms with Crippen molar-refractivity contribution in [1.29, 1.82) is 0 Å². The molecular weight excluding hydrogens is 282 g/mol. The Kier molecular flexibility index (Phi) is 3.76. The van der Waals surface area contributed by atoms with Gasteiger partial charge in [-0.3, -0.25) is 0 Å². The summed E-state index contributed by atoms with van der Waals surface area (Å²) in [5, 5.41) is 10.4. The first-order valence-corrected chi connectivity index (χ1v) is 6.55. The Balaban J connectivity index is 2.11. The van der Waals surface area contributed by atoms with E-state index in [1.54, 1.807) is 7.11 Å². The first-order chi connectivity index (χ1) is 8.02. The lowest BCUT2D eigenvalue weighted by Gasteiger charge is -2.22. The highest BCUT2D eigenvalue weighted by Gasteiger charge is 2.34. The van der Waals surface area contributed by atoms with Crippen LogP contribution in [-0.4, -0.2) is 42.9 Å². The van der Waals surface area contributed by atoms with Crippen LogP contribution in [0.2, 0.25) is 0 Å². The van der Waals surface area contributed by atoms with Crippen LogP contribution < -0.4 is 4.74 Å². The van der Waals surface area contributed by atoms with E-state index in [-0.39, 0.29) is 0 Å². The molecule has 0 radical (unpaired) electrons. The molecular formula is C13H18BrNO2. The van der Waals surface area contributed by atoms with Crippen molar-refractivity contribution in [2.45, 2.75) is 18.4 Å². The zero-order valence-electron chi connectivity index (χ0n) is 10.2. The zero-order chi connectivity index (χ0) is 12.5. The molecule has 17 heavy (non-hydrogen) atoms. The van der Waals surface area contributed by atoms with Gasteiger partial charge >= 0.3 is 0 Å². The van der Waals surface area contributed by atoms with Gasteiger partial charge in [-0.1, -0.05) is 6.07 Å². The van der Waals surface area contributed by atoms with Crippen LogP contribution in [0, 0.1) is 0 Å². The van der Waals surface area contributed by atoms with Crippen LogP contribution in [0.15, 0.2) is 22.7 Å². The monoisotopic (exact) mass is 299 g/mol. The highest BCUT2D eigenvalue weighted by atomic mass is 79.9. The lowest BCUT2D eigenvalue weighted by Crippen LogP contribution is -2.34. The molecule has 1 unspecified atom stereocenters. The number of hydrogen-bond acceptors (Lipinski definition) is 3. The van der Waals surface area contributed by atoms with Gasteiger partial charge in [-0.15, -0.1) is 0 Å². The number of hydrogen-bond donors (Lipinski definition) is 1. The molecule has 1 saturated heterocycles. The molecule has 2 rings (SSSR count). The predicted molar refractivity (Wildman–Crippen MR) is 71.5 cm³/mol. The fraction of sp³-hybridized carbons (Fsp3) is 0.538. The number of rotatable bonds is 3. The fourth-order valence-corrected chi connectivity index (χ4v) is 2.99. The van der Waals surface area contributed by atoms with Crippen LogP contribution in [0.3, 0.4) is 0 Å². The smallest absolute Gasteiger partial charge is 0.133 e. The minimum absolute atomic E-state index is 0.581. The summed E-state index contributed by atoms with van der Waals surface area (Å²) in [5.41, 5.74) is 0.554. The van der Waals surface area contributed by atoms with Gasteiger partial charge in [-0.2, -0.15) is 0 Å². The number of benzene rings is 1. The summed E-state index contributed by atoms with van der Waals surface area (Å²) in [6, 6.07) is 5.97. The number of ether oxygens (including phenoxy) is 1. The summed E-state index contributed by atoms with van der Waals surface area (Å²) < 4.78 is 6.13. The highest BCUT2D eigenvalue weighted by Crippen LogP contribution is 2.29. The number of aliphatic hydroxyl groups is 1. The van der Waals surface area contributed by atoms with Crippen LogP contribution in [0.25, 0.3) is 0 Å². The molecule has 0 aromatic heterocycles. The van der Waals surface area contributed by atoms with Crippen LogP contribution in [0.5, 0.6) is 5.75 Å². The van der Waals surface area contributed by atoms with Gasteiger partial charge in [0.2, 0.25) is 0 Å². The summed E-state index contributed by atoms with van der Waals surface area (Å²) in [4.78, 5) is 2.17. The molecule has 1 atom stereocenters. The Labute approximate surface area is 111 Å². The second kappa shape index (κ2) is 4.96. The van der Waals surface area contributed by atoms with E-state index < -0.39 is 5.60 Å². The Morgan fingerprint density at radius 2 is 2.29 bits per heavy atom. The van der Waals surface area contributed by atoms with Crippen molar-refractivity contribution < 1.29 is 9.84 Å². The minimum atomic E-state index is -0.581. The molecule has 0 amide bonds. The van der Waals surface area contributed by atoms with Gasteiger partial charge in [-0.25, -0.2) is 0 Å². The fourth-order valence-electron chi connectivity index (χ4n) is 2.40. The normalized spacial score (nSPS) is 25.2. The molecule has 1 heterocycles. The number of likely N-dealkylation sites (N-methyl/N-ethyl adjacent to an activating group) is 1. The molecule has 3 nitrogen and oxygen atoms in total. The maximum Gasteiger partial charge on any atom is 0.133 e. The average molecular weight is 300 g/mol. The van der Waals surface area contributed by atoms with Crippen molar-refractivity contribution in [1.82, 2.24) is 4.90 Å². The lowest BCUT2D eigenvalue weighted by molar-refractivity contribution is 0.0523. The SMILES string of the molecule is COc1ccc(CC2(O)CCN(C)C2)cc1Br. The Bertz CT molecular complexity index is 410. The minimum Gasteiger partial charge on any atom is -0.496 e. The van der Waals surface area contributed by atoms with Crippen molar-refractivity contribution >= 4 is 15.9 Å². The molecule has 0 aliphatic carbocycles. The molecule has 1 N–H and O–H groups in total. The van der Waals surface area contributed by atoms with Crippen LogP contribution >= 0.6 is 15.9 Å². The van der Waals surface area contributed by atoms with Gasteiger partial charge in [0.15, 0.2) is 0 Å². The quantitative estimate of drug-likeness (QED) is 0.927. The van der Waals surface area contributed by atoms with E-state index in [2.05, 4.69) is 20.8 Å². The average Bonchev–Trinajstić information content (AvgIpc) is 2.58. The van der Waals surface area contributed by atoms with E-state index in [4.69, 9.17) is 4.74 Å². The van der Waals surface area contributed by atoms with Crippen molar-refractivity contribution in [3.8, 4) is 5.75 Å². The maximum absolute atomic E-state index is 10.4. The number of nitrogens with zero attached hydrogens (tertiary/aromatic N) is 1. The van der Waals surface area contributed by atoms with Crippen LogP contribution in [0.4, 0.5) is 0 Å². The van der Waals surface area contributed by atoms with Crippen LogP contribution in [-0.2, 0) is 6.42 Å². The highest BCUT2D eigenvalue weighted by molar-refractivity contribution is 9.10. The first kappa shape index (κ1) is 12.9. The molecule has 0 spiro atoms. The predicted octanol–water partition coefficient (Wildman–Crippen LogP) is 2.07. The Hall–Kier alpha value is -0.580. The van der Waals surface area contributed by atoms with Gasteiger partial charge in [0.25, 0.3) is 0 Å². The summed E-state index contributed by atoms with van der Waals surface area (Å²) in [6.07, 6.45) is 1.53. The number of methoxy groups -OCH3 is 1. The van der Waals surface area contributed by atoms with E-state index in [0.29, 0.717) is 6.42 Å². The molecule has 1 aromatic rings. The Morgan fingerprint density at radius 1 is 1.53 bits per heavy atom. The molecule has 1 fully saturated rings. The number of likely N-dealkylation sites (tertiary alicyclic amines) is 1. The Morgan fingerprint density at radius 3 is 2.82 bits per heavy atom. The number of halogens is 1. The van der Waals surface area contributed by atoms with E-state index in [0.717, 1.165) is 35.3 Å². The summed E-state index contributed by atoms with van der Waals surface area (Å²) in [7, 11) is 3.70. The van der Waals surface area contributed by atoms with E-state index in [9.17, 15) is 5.11 Å². The zero-order valence-corrected chi connectivity index (χ0v) is 11.8. The van der Waals surface area contributed by atoms with Crippen molar-refractivity contribution in [2.75, 3.05) is 27.2 Å². The molecule has 94 valence electrons. The molecule has 1 aromatic carbocycles. The number of β-amino-alcohol motifs (C(OH)–C–C–N with tert-alkyl or cyclic N) is 1. The third-order valence-corrected chi connectivity index (χ3v) is 3.89. The topological polar surface area (TPSA) is 32.7 Å². The van der Waals surface area contributed by atoms with Gasteiger partial charge in [-0.05, 0) is 47.1 Å². The van der Waals surface area contributed by atoms with E-state index in [1.807, 2.05) is 25.2 Å². The molecule has 0 saturated carbocycles. The first-order valence-electron chi connectivity index (χ1n) is 5.76. The molecule has 1 aliphatic heterocycles. The van der Waals surface area contributed by atoms with Gasteiger partial charge in [0, 0.05) is 19.5 Å².